The molecule has 112 valence electrons. The number of anilines is 1. The summed E-state index contributed by atoms with van der Waals surface area (Å²) in [4.78, 5) is 0. The average molecular weight is 283 g/mol. The van der Waals surface area contributed by atoms with E-state index in [1.54, 1.807) is 0 Å². The first-order chi connectivity index (χ1) is 10.1. The summed E-state index contributed by atoms with van der Waals surface area (Å²) >= 11 is 0. The molecule has 1 fully saturated rings. The lowest BCUT2D eigenvalue weighted by atomic mass is 9.84. The second-order valence-electron chi connectivity index (χ2n) is 6.33. The van der Waals surface area contributed by atoms with Gasteiger partial charge in [0.2, 0.25) is 0 Å². The second kappa shape index (κ2) is 5.57. The first-order valence-electron chi connectivity index (χ1n) is 7.80. The maximum atomic E-state index is 6.50. The topological polar surface area (TPSA) is 50.1 Å². The summed E-state index contributed by atoms with van der Waals surface area (Å²) in [6.07, 6.45) is 3.17. The van der Waals surface area contributed by atoms with Gasteiger partial charge < -0.3 is 16.4 Å². The molecule has 0 spiro atoms. The van der Waals surface area contributed by atoms with Crippen LogP contribution in [0, 0.1) is 0 Å². The van der Waals surface area contributed by atoms with E-state index in [1.807, 2.05) is 6.92 Å². The van der Waals surface area contributed by atoms with Crippen molar-refractivity contribution < 1.29 is 0 Å². The number of benzene rings is 1. The third-order valence-electron chi connectivity index (χ3n) is 4.76. The van der Waals surface area contributed by atoms with Gasteiger partial charge in [-0.15, -0.1) is 0 Å². The van der Waals surface area contributed by atoms with Crippen molar-refractivity contribution in [2.45, 2.75) is 38.1 Å². The molecule has 4 N–H and O–H groups in total. The Kier molecular flexibility index (Phi) is 3.77. The molecule has 2 atom stereocenters. The fourth-order valence-electron chi connectivity index (χ4n) is 3.69. The van der Waals surface area contributed by atoms with Gasteiger partial charge in [-0.05, 0) is 55.0 Å². The molecule has 2 unspecified atom stereocenters. The second-order valence-corrected chi connectivity index (χ2v) is 6.33. The maximum absolute atomic E-state index is 6.50. The molecule has 0 radical (unpaired) electrons. The lowest BCUT2D eigenvalue weighted by Gasteiger charge is -2.35. The molecule has 1 heterocycles. The van der Waals surface area contributed by atoms with E-state index >= 15 is 0 Å². The van der Waals surface area contributed by atoms with E-state index < -0.39 is 0 Å². The fourth-order valence-corrected chi connectivity index (χ4v) is 3.69. The largest absolute Gasteiger partial charge is 0.398 e. The number of hydrogen-bond donors (Lipinski definition) is 3. The van der Waals surface area contributed by atoms with Gasteiger partial charge in [0.1, 0.15) is 0 Å². The monoisotopic (exact) mass is 283 g/mol. The Morgan fingerprint density at radius 3 is 2.95 bits per heavy atom. The van der Waals surface area contributed by atoms with Crippen molar-refractivity contribution in [1.29, 1.82) is 0 Å². The average Bonchev–Trinajstić information content (AvgIpc) is 2.82. The van der Waals surface area contributed by atoms with Crippen molar-refractivity contribution in [2.24, 2.45) is 0 Å². The Morgan fingerprint density at radius 2 is 2.19 bits per heavy atom. The highest BCUT2D eigenvalue weighted by atomic mass is 15.0. The molecule has 0 amide bonds. The standard InChI is InChI=1S/C18H25N3/c1-11(2)21-17-8-9-20-10-16(17)15-7-6-13-12(3)4-5-14(13)18(15)19/h6-7,16-17,20-21H,1,3-5,8-10,19H2,2H3. The van der Waals surface area contributed by atoms with Gasteiger partial charge in [-0.3, -0.25) is 0 Å². The van der Waals surface area contributed by atoms with Crippen LogP contribution in [-0.4, -0.2) is 19.1 Å². The SMILES string of the molecule is C=C(C)NC1CCNCC1c1ccc2c(c1N)CCC2=C. The number of fused-ring (bicyclic) bond motifs is 1. The zero-order valence-electron chi connectivity index (χ0n) is 12.8. The van der Waals surface area contributed by atoms with Crippen molar-refractivity contribution >= 4 is 11.3 Å². The van der Waals surface area contributed by atoms with Gasteiger partial charge in [0.25, 0.3) is 0 Å². The molecule has 0 bridgehead atoms. The quantitative estimate of drug-likeness (QED) is 0.748. The highest BCUT2D eigenvalue weighted by Gasteiger charge is 2.29. The number of nitrogen functional groups attached to an aromatic ring is 1. The maximum Gasteiger partial charge on any atom is 0.0389 e. The van der Waals surface area contributed by atoms with Crippen LogP contribution in [0.2, 0.25) is 0 Å². The van der Waals surface area contributed by atoms with Crippen LogP contribution < -0.4 is 16.4 Å². The van der Waals surface area contributed by atoms with Crippen LogP contribution in [0.4, 0.5) is 5.69 Å². The van der Waals surface area contributed by atoms with E-state index in [0.29, 0.717) is 12.0 Å². The molecule has 2 aliphatic rings. The molecule has 1 aromatic carbocycles. The summed E-state index contributed by atoms with van der Waals surface area (Å²) in [5, 5.41) is 7.02. The summed E-state index contributed by atoms with van der Waals surface area (Å²) in [6, 6.07) is 4.83. The molecule has 3 nitrogen and oxygen atoms in total. The van der Waals surface area contributed by atoms with Gasteiger partial charge in [0.15, 0.2) is 0 Å². The molecule has 1 aliphatic heterocycles. The van der Waals surface area contributed by atoms with Gasteiger partial charge in [0, 0.05) is 29.9 Å². The van der Waals surface area contributed by atoms with Crippen LogP contribution in [0.25, 0.3) is 5.57 Å². The molecule has 21 heavy (non-hydrogen) atoms. The predicted molar refractivity (Wildman–Crippen MR) is 90.2 cm³/mol. The molecule has 0 saturated carbocycles. The van der Waals surface area contributed by atoms with Gasteiger partial charge in [-0.2, -0.15) is 0 Å². The van der Waals surface area contributed by atoms with Crippen molar-refractivity contribution in [1.82, 2.24) is 10.6 Å². The lowest BCUT2D eigenvalue weighted by molar-refractivity contribution is 0.363. The van der Waals surface area contributed by atoms with E-state index in [0.717, 1.165) is 43.7 Å². The van der Waals surface area contributed by atoms with Crippen LogP contribution in [-0.2, 0) is 6.42 Å². The zero-order valence-corrected chi connectivity index (χ0v) is 12.8. The molecule has 3 rings (SSSR count). The number of rotatable bonds is 3. The Balaban J connectivity index is 1.95. The highest BCUT2D eigenvalue weighted by molar-refractivity contribution is 5.77. The van der Waals surface area contributed by atoms with E-state index in [-0.39, 0.29) is 0 Å². The molecule has 3 heteroatoms. The first kappa shape index (κ1) is 14.2. The van der Waals surface area contributed by atoms with Crippen LogP contribution in [0.3, 0.4) is 0 Å². The van der Waals surface area contributed by atoms with E-state index in [1.165, 1.54) is 22.3 Å². The lowest BCUT2D eigenvalue weighted by Crippen LogP contribution is -2.45. The molecular weight excluding hydrogens is 258 g/mol. The van der Waals surface area contributed by atoms with Crippen molar-refractivity contribution in [3.05, 3.63) is 47.7 Å². The van der Waals surface area contributed by atoms with Crippen molar-refractivity contribution in [2.75, 3.05) is 18.8 Å². The molecular formula is C18H25N3. The molecule has 0 aromatic heterocycles. The first-order valence-corrected chi connectivity index (χ1v) is 7.80. The third kappa shape index (κ3) is 2.58. The number of nitrogens with two attached hydrogens (primary N) is 1. The number of allylic oxidation sites excluding steroid dienone is 2. The van der Waals surface area contributed by atoms with Crippen molar-refractivity contribution in [3.63, 3.8) is 0 Å². The minimum atomic E-state index is 0.398. The Morgan fingerprint density at radius 1 is 1.38 bits per heavy atom. The summed E-state index contributed by atoms with van der Waals surface area (Å²) in [5.74, 6) is 0.398. The van der Waals surface area contributed by atoms with Gasteiger partial charge in [-0.1, -0.05) is 25.3 Å². The van der Waals surface area contributed by atoms with E-state index in [2.05, 4.69) is 35.9 Å². The summed E-state index contributed by atoms with van der Waals surface area (Å²) in [5.41, 5.74) is 13.6. The van der Waals surface area contributed by atoms with Gasteiger partial charge >= 0.3 is 0 Å². The predicted octanol–water partition coefficient (Wildman–Crippen LogP) is 2.80. The van der Waals surface area contributed by atoms with Crippen LogP contribution in [0.5, 0.6) is 0 Å². The Labute approximate surface area is 127 Å². The summed E-state index contributed by atoms with van der Waals surface area (Å²) < 4.78 is 0. The van der Waals surface area contributed by atoms with Crippen LogP contribution >= 0.6 is 0 Å². The molecule has 1 aromatic rings. The van der Waals surface area contributed by atoms with Crippen LogP contribution in [0.1, 0.15) is 42.4 Å². The summed E-state index contributed by atoms with van der Waals surface area (Å²) in [7, 11) is 0. The van der Waals surface area contributed by atoms with Gasteiger partial charge in [-0.25, -0.2) is 0 Å². The Bertz CT molecular complexity index is 588. The smallest absolute Gasteiger partial charge is 0.0389 e. The minimum Gasteiger partial charge on any atom is -0.398 e. The molecule has 1 saturated heterocycles. The zero-order chi connectivity index (χ0) is 15.0. The number of nitrogens with one attached hydrogen (secondary N) is 2. The third-order valence-corrected chi connectivity index (χ3v) is 4.76. The normalized spacial score (nSPS) is 24.7. The minimum absolute atomic E-state index is 0.398. The number of piperidine rings is 1. The Hall–Kier alpha value is -1.74. The van der Waals surface area contributed by atoms with E-state index in [9.17, 15) is 0 Å². The van der Waals surface area contributed by atoms with E-state index in [4.69, 9.17) is 5.73 Å². The fraction of sp³-hybridized carbons (Fsp3) is 0.444. The van der Waals surface area contributed by atoms with Crippen molar-refractivity contribution in [3.8, 4) is 0 Å². The highest BCUT2D eigenvalue weighted by Crippen LogP contribution is 2.39. The number of hydrogen-bond acceptors (Lipinski definition) is 3. The molecule has 1 aliphatic carbocycles. The van der Waals surface area contributed by atoms with Gasteiger partial charge in [0.05, 0.1) is 0 Å². The summed E-state index contributed by atoms with van der Waals surface area (Å²) in [6.45, 7) is 12.2. The van der Waals surface area contributed by atoms with Crippen LogP contribution in [0.15, 0.2) is 31.0 Å².